The molecule has 0 saturated heterocycles. The molecule has 1 aliphatic carbocycles. The number of nitrogens with zero attached hydrogens (tertiary/aromatic N) is 4. The summed E-state index contributed by atoms with van der Waals surface area (Å²) < 4.78 is 4.18. The SMILES string of the molecule is CC(C)n1cncc1-c1nc(C2CCCC2)n(C)c1N. The molecule has 0 atom stereocenters. The summed E-state index contributed by atoms with van der Waals surface area (Å²) in [6.07, 6.45) is 8.77. The summed E-state index contributed by atoms with van der Waals surface area (Å²) in [7, 11) is 2.02. The van der Waals surface area contributed by atoms with E-state index >= 15 is 0 Å². The van der Waals surface area contributed by atoms with Crippen LogP contribution in [-0.2, 0) is 7.05 Å². The number of rotatable bonds is 3. The van der Waals surface area contributed by atoms with Crippen LogP contribution < -0.4 is 5.73 Å². The van der Waals surface area contributed by atoms with Crippen LogP contribution in [0.25, 0.3) is 11.4 Å². The minimum atomic E-state index is 0.351. The van der Waals surface area contributed by atoms with E-state index in [1.807, 2.05) is 19.6 Å². The Labute approximate surface area is 119 Å². The molecule has 5 nitrogen and oxygen atoms in total. The van der Waals surface area contributed by atoms with Gasteiger partial charge in [0.2, 0.25) is 0 Å². The Morgan fingerprint density at radius 1 is 1.30 bits per heavy atom. The van der Waals surface area contributed by atoms with Crippen molar-refractivity contribution in [3.8, 4) is 11.4 Å². The highest BCUT2D eigenvalue weighted by atomic mass is 15.2. The lowest BCUT2D eigenvalue weighted by Crippen LogP contribution is -2.05. The maximum Gasteiger partial charge on any atom is 0.133 e. The monoisotopic (exact) mass is 273 g/mol. The molecule has 0 spiro atoms. The van der Waals surface area contributed by atoms with Crippen LogP contribution in [0, 0.1) is 0 Å². The van der Waals surface area contributed by atoms with Gasteiger partial charge in [0, 0.05) is 19.0 Å². The maximum absolute atomic E-state index is 6.29. The van der Waals surface area contributed by atoms with E-state index in [9.17, 15) is 0 Å². The number of hydrogen-bond acceptors (Lipinski definition) is 3. The molecule has 3 rings (SSSR count). The molecule has 1 saturated carbocycles. The van der Waals surface area contributed by atoms with Crippen molar-refractivity contribution in [2.75, 3.05) is 5.73 Å². The third-order valence-corrected chi connectivity index (χ3v) is 4.36. The van der Waals surface area contributed by atoms with Crippen molar-refractivity contribution < 1.29 is 0 Å². The third kappa shape index (κ3) is 2.01. The summed E-state index contributed by atoms with van der Waals surface area (Å²) in [6, 6.07) is 0.351. The van der Waals surface area contributed by atoms with Crippen molar-refractivity contribution in [3.63, 3.8) is 0 Å². The number of imidazole rings is 2. The van der Waals surface area contributed by atoms with Gasteiger partial charge < -0.3 is 14.9 Å². The van der Waals surface area contributed by atoms with Crippen LogP contribution in [0.5, 0.6) is 0 Å². The molecule has 0 aromatic carbocycles. The van der Waals surface area contributed by atoms with Crippen LogP contribution in [0.3, 0.4) is 0 Å². The highest BCUT2D eigenvalue weighted by molar-refractivity contribution is 5.68. The van der Waals surface area contributed by atoms with Gasteiger partial charge in [0.05, 0.1) is 18.2 Å². The van der Waals surface area contributed by atoms with Crippen molar-refractivity contribution in [3.05, 3.63) is 18.3 Å². The Bertz CT molecular complexity index is 602. The van der Waals surface area contributed by atoms with E-state index in [2.05, 4.69) is 28.0 Å². The Morgan fingerprint density at radius 2 is 2.00 bits per heavy atom. The lowest BCUT2D eigenvalue weighted by atomic mass is 10.1. The second-order valence-electron chi connectivity index (χ2n) is 6.02. The number of hydrogen-bond donors (Lipinski definition) is 1. The predicted molar refractivity (Wildman–Crippen MR) is 80.4 cm³/mol. The second kappa shape index (κ2) is 4.96. The minimum Gasteiger partial charge on any atom is -0.383 e. The summed E-state index contributed by atoms with van der Waals surface area (Å²) in [5.74, 6) is 2.44. The van der Waals surface area contributed by atoms with Gasteiger partial charge in [-0.3, -0.25) is 0 Å². The van der Waals surface area contributed by atoms with Gasteiger partial charge in [-0.1, -0.05) is 12.8 Å². The third-order valence-electron chi connectivity index (χ3n) is 4.36. The molecule has 0 aliphatic heterocycles. The first-order valence-electron chi connectivity index (χ1n) is 7.44. The van der Waals surface area contributed by atoms with Crippen molar-refractivity contribution in [1.29, 1.82) is 0 Å². The number of aromatic nitrogens is 4. The summed E-state index contributed by atoms with van der Waals surface area (Å²) in [5.41, 5.74) is 8.18. The van der Waals surface area contributed by atoms with E-state index < -0.39 is 0 Å². The molecule has 2 aromatic heterocycles. The molecule has 1 fully saturated rings. The normalized spacial score (nSPS) is 16.4. The molecule has 2 N–H and O–H groups in total. The summed E-state index contributed by atoms with van der Waals surface area (Å²) >= 11 is 0. The van der Waals surface area contributed by atoms with Crippen LogP contribution in [0.1, 0.15) is 57.3 Å². The first-order valence-corrected chi connectivity index (χ1v) is 7.44. The van der Waals surface area contributed by atoms with E-state index in [-0.39, 0.29) is 0 Å². The smallest absolute Gasteiger partial charge is 0.133 e. The Hall–Kier alpha value is -1.78. The fourth-order valence-corrected chi connectivity index (χ4v) is 3.17. The van der Waals surface area contributed by atoms with Crippen molar-refractivity contribution in [2.24, 2.45) is 7.05 Å². The molecule has 2 aromatic rings. The molecule has 2 heterocycles. The van der Waals surface area contributed by atoms with Crippen LogP contribution in [-0.4, -0.2) is 19.1 Å². The van der Waals surface area contributed by atoms with Crippen molar-refractivity contribution >= 4 is 5.82 Å². The van der Waals surface area contributed by atoms with E-state index in [1.54, 1.807) is 0 Å². The van der Waals surface area contributed by atoms with E-state index in [0.717, 1.165) is 23.0 Å². The first kappa shape index (κ1) is 13.2. The fourth-order valence-electron chi connectivity index (χ4n) is 3.17. The van der Waals surface area contributed by atoms with Gasteiger partial charge in [0.25, 0.3) is 0 Å². The van der Waals surface area contributed by atoms with Gasteiger partial charge in [0.15, 0.2) is 0 Å². The van der Waals surface area contributed by atoms with E-state index in [0.29, 0.717) is 12.0 Å². The molecule has 108 valence electrons. The average molecular weight is 273 g/mol. The lowest BCUT2D eigenvalue weighted by molar-refractivity contribution is 0.604. The predicted octanol–water partition coefficient (Wildman–Crippen LogP) is 3.10. The molecule has 0 bridgehead atoms. The Morgan fingerprint density at radius 3 is 2.65 bits per heavy atom. The molecule has 5 heteroatoms. The Kier molecular flexibility index (Phi) is 3.28. The molecular weight excluding hydrogens is 250 g/mol. The molecular formula is C15H23N5. The van der Waals surface area contributed by atoms with Gasteiger partial charge in [-0.25, -0.2) is 9.97 Å². The summed E-state index contributed by atoms with van der Waals surface area (Å²) in [4.78, 5) is 9.11. The highest BCUT2D eigenvalue weighted by Gasteiger charge is 2.25. The van der Waals surface area contributed by atoms with Crippen LogP contribution in [0.15, 0.2) is 12.5 Å². The minimum absolute atomic E-state index is 0.351. The largest absolute Gasteiger partial charge is 0.383 e. The van der Waals surface area contributed by atoms with Crippen LogP contribution >= 0.6 is 0 Å². The summed E-state index contributed by atoms with van der Waals surface area (Å²) in [6.45, 7) is 4.28. The molecule has 0 radical (unpaired) electrons. The van der Waals surface area contributed by atoms with Gasteiger partial charge in [-0.15, -0.1) is 0 Å². The zero-order valence-electron chi connectivity index (χ0n) is 12.5. The van der Waals surface area contributed by atoms with Gasteiger partial charge in [-0.2, -0.15) is 0 Å². The van der Waals surface area contributed by atoms with E-state index in [1.165, 1.54) is 25.7 Å². The second-order valence-corrected chi connectivity index (χ2v) is 6.02. The molecule has 1 aliphatic rings. The molecule has 0 amide bonds. The number of nitrogen functional groups attached to an aromatic ring is 1. The highest BCUT2D eigenvalue weighted by Crippen LogP contribution is 2.37. The van der Waals surface area contributed by atoms with Crippen molar-refractivity contribution in [1.82, 2.24) is 19.1 Å². The van der Waals surface area contributed by atoms with Gasteiger partial charge in [0.1, 0.15) is 17.3 Å². The molecule has 20 heavy (non-hydrogen) atoms. The quantitative estimate of drug-likeness (QED) is 0.934. The first-order chi connectivity index (χ1) is 9.59. The fraction of sp³-hybridized carbons (Fsp3) is 0.600. The molecule has 0 unspecified atom stereocenters. The zero-order valence-corrected chi connectivity index (χ0v) is 12.5. The lowest BCUT2D eigenvalue weighted by Gasteiger charge is -2.10. The zero-order chi connectivity index (χ0) is 14.3. The maximum atomic E-state index is 6.29. The number of anilines is 1. The topological polar surface area (TPSA) is 61.7 Å². The van der Waals surface area contributed by atoms with E-state index in [4.69, 9.17) is 10.7 Å². The Balaban J connectivity index is 2.06. The van der Waals surface area contributed by atoms with Crippen LogP contribution in [0.4, 0.5) is 5.82 Å². The standard InChI is InChI=1S/C15H23N5/c1-10(2)20-9-17-8-12(20)13-14(16)19(3)15(18-13)11-6-4-5-7-11/h8-11H,4-7,16H2,1-3H3. The van der Waals surface area contributed by atoms with Crippen molar-refractivity contribution in [2.45, 2.75) is 51.5 Å². The number of nitrogens with two attached hydrogens (primary N) is 1. The summed E-state index contributed by atoms with van der Waals surface area (Å²) in [5, 5.41) is 0. The van der Waals surface area contributed by atoms with Crippen LogP contribution in [0.2, 0.25) is 0 Å². The van der Waals surface area contributed by atoms with Gasteiger partial charge >= 0.3 is 0 Å². The van der Waals surface area contributed by atoms with Gasteiger partial charge in [-0.05, 0) is 26.7 Å². The average Bonchev–Trinajstić information content (AvgIpc) is 3.11.